The van der Waals surface area contributed by atoms with Crippen LogP contribution in [0.25, 0.3) is 0 Å². The third-order valence-corrected chi connectivity index (χ3v) is 3.63. The van der Waals surface area contributed by atoms with Crippen molar-refractivity contribution < 1.29 is 35.0 Å². The summed E-state index contributed by atoms with van der Waals surface area (Å²) < 4.78 is 63.2. The maximum atomic E-state index is 8.74. The summed E-state index contributed by atoms with van der Waals surface area (Å²) in [5.74, 6) is 0. The van der Waals surface area contributed by atoms with Crippen molar-refractivity contribution in [1.29, 1.82) is 0 Å². The Morgan fingerprint density at radius 1 is 0.750 bits per heavy atom. The second-order valence-electron chi connectivity index (χ2n) is 6.51. The number of hydrogen-bond donors (Lipinski definition) is 6. The van der Waals surface area contributed by atoms with Crippen LogP contribution in [0.5, 0.6) is 0 Å². The third kappa shape index (κ3) is 63.6. The SMILES string of the molecule is CCCCCCCCCCCCC(C)NCCN.O=S(=O)(O)O.O=S(=O)(O)O. The molecular weight excluding hydrogens is 412 g/mol. The van der Waals surface area contributed by atoms with E-state index in [0.29, 0.717) is 6.04 Å². The monoisotopic (exact) mass is 452 g/mol. The second kappa shape index (κ2) is 21.4. The molecule has 28 heavy (non-hydrogen) atoms. The zero-order valence-electron chi connectivity index (χ0n) is 17.1. The van der Waals surface area contributed by atoms with Crippen LogP contribution in [0, 0.1) is 0 Å². The molecule has 0 rings (SSSR count). The summed E-state index contributed by atoms with van der Waals surface area (Å²) in [7, 11) is -9.33. The first-order chi connectivity index (χ1) is 12.8. The number of hydrogen-bond acceptors (Lipinski definition) is 6. The van der Waals surface area contributed by atoms with Gasteiger partial charge < -0.3 is 11.1 Å². The summed E-state index contributed by atoms with van der Waals surface area (Å²) in [5, 5.41) is 3.44. The van der Waals surface area contributed by atoms with Crippen LogP contribution < -0.4 is 11.1 Å². The van der Waals surface area contributed by atoms with E-state index in [0.717, 1.165) is 13.1 Å². The van der Waals surface area contributed by atoms with Crippen LogP contribution in [0.2, 0.25) is 0 Å². The Morgan fingerprint density at radius 3 is 1.39 bits per heavy atom. The molecule has 0 aliphatic carbocycles. The molecule has 174 valence electrons. The highest BCUT2D eigenvalue weighted by molar-refractivity contribution is 7.80. The highest BCUT2D eigenvalue weighted by Crippen LogP contribution is 2.11. The largest absolute Gasteiger partial charge is 0.394 e. The number of rotatable bonds is 14. The molecule has 0 saturated carbocycles. The maximum Gasteiger partial charge on any atom is 0.394 e. The van der Waals surface area contributed by atoms with Gasteiger partial charge in [0.15, 0.2) is 0 Å². The van der Waals surface area contributed by atoms with Crippen LogP contribution in [0.4, 0.5) is 0 Å². The minimum atomic E-state index is -4.67. The van der Waals surface area contributed by atoms with E-state index in [4.69, 9.17) is 40.8 Å². The fraction of sp³-hybridized carbons (Fsp3) is 1.00. The van der Waals surface area contributed by atoms with Crippen molar-refractivity contribution in [2.24, 2.45) is 5.73 Å². The van der Waals surface area contributed by atoms with Crippen molar-refractivity contribution in [3.8, 4) is 0 Å². The number of nitrogens with two attached hydrogens (primary N) is 1. The molecule has 0 bridgehead atoms. The van der Waals surface area contributed by atoms with Crippen LogP contribution in [-0.4, -0.2) is 54.2 Å². The molecular formula is C16H40N2O8S2. The first kappa shape index (κ1) is 32.3. The zero-order valence-corrected chi connectivity index (χ0v) is 18.7. The first-order valence-electron chi connectivity index (χ1n) is 9.64. The van der Waals surface area contributed by atoms with Gasteiger partial charge in [0.1, 0.15) is 0 Å². The molecule has 0 aliphatic heterocycles. The third-order valence-electron chi connectivity index (χ3n) is 3.63. The molecule has 0 saturated heterocycles. The molecule has 0 radical (unpaired) electrons. The number of nitrogens with one attached hydrogen (secondary N) is 1. The molecule has 0 spiro atoms. The summed E-state index contributed by atoms with van der Waals surface area (Å²) in [6.45, 7) is 6.26. The van der Waals surface area contributed by atoms with Crippen LogP contribution in [0.1, 0.15) is 84.5 Å². The van der Waals surface area contributed by atoms with Gasteiger partial charge in [-0.05, 0) is 13.3 Å². The molecule has 0 aromatic rings. The van der Waals surface area contributed by atoms with Crippen molar-refractivity contribution in [2.45, 2.75) is 90.5 Å². The smallest absolute Gasteiger partial charge is 0.329 e. The Kier molecular flexibility index (Phi) is 24.7. The van der Waals surface area contributed by atoms with Crippen molar-refractivity contribution in [3.05, 3.63) is 0 Å². The van der Waals surface area contributed by atoms with Crippen molar-refractivity contribution >= 4 is 20.8 Å². The Balaban J connectivity index is -0.000000512. The van der Waals surface area contributed by atoms with E-state index in [9.17, 15) is 0 Å². The van der Waals surface area contributed by atoms with Crippen LogP contribution in [0.15, 0.2) is 0 Å². The average molecular weight is 453 g/mol. The second-order valence-corrected chi connectivity index (χ2v) is 8.30. The van der Waals surface area contributed by atoms with Gasteiger partial charge in [0, 0.05) is 19.1 Å². The fourth-order valence-corrected chi connectivity index (χ4v) is 2.37. The minimum absolute atomic E-state index is 0.641. The average Bonchev–Trinajstić information content (AvgIpc) is 2.51. The Labute approximate surface area is 170 Å². The molecule has 0 heterocycles. The first-order valence-corrected chi connectivity index (χ1v) is 12.4. The van der Waals surface area contributed by atoms with Gasteiger partial charge in [0.25, 0.3) is 0 Å². The van der Waals surface area contributed by atoms with Gasteiger partial charge in [-0.3, -0.25) is 18.2 Å². The molecule has 1 unspecified atom stereocenters. The Hall–Kier alpha value is -0.340. The van der Waals surface area contributed by atoms with Crippen LogP contribution in [0.3, 0.4) is 0 Å². The minimum Gasteiger partial charge on any atom is -0.329 e. The van der Waals surface area contributed by atoms with Crippen molar-refractivity contribution in [2.75, 3.05) is 13.1 Å². The predicted octanol–water partition coefficient (Wildman–Crippen LogP) is 2.93. The normalized spacial score (nSPS) is 12.4. The van der Waals surface area contributed by atoms with E-state index >= 15 is 0 Å². The lowest BCUT2D eigenvalue weighted by atomic mass is 10.0. The zero-order chi connectivity index (χ0) is 22.5. The molecule has 0 fully saturated rings. The Bertz CT molecular complexity index is 467. The highest BCUT2D eigenvalue weighted by atomic mass is 32.3. The van der Waals surface area contributed by atoms with Gasteiger partial charge >= 0.3 is 20.8 Å². The van der Waals surface area contributed by atoms with Crippen molar-refractivity contribution in [1.82, 2.24) is 5.32 Å². The van der Waals surface area contributed by atoms with E-state index < -0.39 is 20.8 Å². The van der Waals surface area contributed by atoms with Gasteiger partial charge in [0.05, 0.1) is 0 Å². The summed E-state index contributed by atoms with van der Waals surface area (Å²) in [6.07, 6.45) is 15.5. The quantitative estimate of drug-likeness (QED) is 0.169. The molecule has 0 aliphatic rings. The summed E-state index contributed by atoms with van der Waals surface area (Å²) >= 11 is 0. The van der Waals surface area contributed by atoms with Crippen molar-refractivity contribution in [3.63, 3.8) is 0 Å². The van der Waals surface area contributed by atoms with Gasteiger partial charge in [-0.1, -0.05) is 71.1 Å². The molecule has 12 heteroatoms. The van der Waals surface area contributed by atoms with Gasteiger partial charge in [-0.25, -0.2) is 0 Å². The molecule has 0 amide bonds. The molecule has 1 atom stereocenters. The van der Waals surface area contributed by atoms with E-state index in [1.807, 2.05) is 0 Å². The standard InChI is InChI=1S/C16H36N2.2H2O4S/c1-3-4-5-6-7-8-9-10-11-12-13-16(2)18-15-14-17;2*1-5(2,3)4/h16,18H,3-15,17H2,1-2H3;2*(H2,1,2,3,4). The molecule has 0 aromatic carbocycles. The molecule has 7 N–H and O–H groups in total. The van der Waals surface area contributed by atoms with E-state index in [-0.39, 0.29) is 0 Å². The topological polar surface area (TPSA) is 187 Å². The molecule has 10 nitrogen and oxygen atoms in total. The predicted molar refractivity (Wildman–Crippen MR) is 111 cm³/mol. The van der Waals surface area contributed by atoms with Crippen LogP contribution in [-0.2, 0) is 20.8 Å². The van der Waals surface area contributed by atoms with E-state index in [1.54, 1.807) is 0 Å². The van der Waals surface area contributed by atoms with Gasteiger partial charge in [-0.2, -0.15) is 16.8 Å². The lowest BCUT2D eigenvalue weighted by Crippen LogP contribution is -2.30. The van der Waals surface area contributed by atoms with E-state index in [2.05, 4.69) is 19.2 Å². The van der Waals surface area contributed by atoms with Crippen LogP contribution >= 0.6 is 0 Å². The fourth-order valence-electron chi connectivity index (χ4n) is 2.37. The summed E-state index contributed by atoms with van der Waals surface area (Å²) in [6, 6.07) is 0.641. The van der Waals surface area contributed by atoms with Gasteiger partial charge in [0.2, 0.25) is 0 Å². The molecule has 0 aromatic heterocycles. The van der Waals surface area contributed by atoms with Gasteiger partial charge in [-0.15, -0.1) is 0 Å². The highest BCUT2D eigenvalue weighted by Gasteiger charge is 1.99. The van der Waals surface area contributed by atoms with E-state index in [1.165, 1.54) is 70.6 Å². The summed E-state index contributed by atoms with van der Waals surface area (Å²) in [4.78, 5) is 0. The number of unbranched alkanes of at least 4 members (excludes halogenated alkanes) is 9. The summed E-state index contributed by atoms with van der Waals surface area (Å²) in [5.41, 5.74) is 5.47. The lowest BCUT2D eigenvalue weighted by molar-refractivity contribution is 0.378. The Morgan fingerprint density at radius 2 is 1.07 bits per heavy atom. The maximum absolute atomic E-state index is 8.74. The lowest BCUT2D eigenvalue weighted by Gasteiger charge is -2.12.